The third-order valence-corrected chi connectivity index (χ3v) is 4.29. The van der Waals surface area contributed by atoms with E-state index < -0.39 is 0 Å². The number of benzene rings is 1. The van der Waals surface area contributed by atoms with E-state index in [0.29, 0.717) is 19.1 Å². The predicted molar refractivity (Wildman–Crippen MR) is 110 cm³/mol. The third kappa shape index (κ3) is 7.52. The summed E-state index contributed by atoms with van der Waals surface area (Å²) in [5.74, 6) is 1.10. The Bertz CT molecular complexity index is 602. The van der Waals surface area contributed by atoms with Crippen LogP contribution in [0.2, 0.25) is 0 Å². The van der Waals surface area contributed by atoms with Crippen LogP contribution in [0, 0.1) is 5.92 Å². The molecule has 1 aromatic rings. The van der Waals surface area contributed by atoms with Gasteiger partial charge in [-0.2, -0.15) is 0 Å². The zero-order chi connectivity index (χ0) is 20.9. The first-order valence-corrected chi connectivity index (χ1v) is 9.77. The average Bonchev–Trinajstić information content (AvgIpc) is 2.68. The van der Waals surface area contributed by atoms with Crippen molar-refractivity contribution < 1.29 is 23.7 Å². The molecule has 0 radical (unpaired) electrons. The van der Waals surface area contributed by atoms with Crippen LogP contribution >= 0.6 is 0 Å². The Morgan fingerprint density at radius 1 is 1.21 bits per heavy atom. The Morgan fingerprint density at radius 3 is 2.50 bits per heavy atom. The Labute approximate surface area is 169 Å². The van der Waals surface area contributed by atoms with Crippen LogP contribution in [0.15, 0.2) is 36.4 Å². The molecule has 0 aliphatic rings. The average molecular weight is 394 g/mol. The second-order valence-electron chi connectivity index (χ2n) is 6.90. The molecular formula is C22H35NO5. The van der Waals surface area contributed by atoms with Gasteiger partial charge in [-0.05, 0) is 32.3 Å². The summed E-state index contributed by atoms with van der Waals surface area (Å²) in [6, 6.07) is 7.48. The van der Waals surface area contributed by atoms with Crippen LogP contribution < -0.4 is 4.74 Å². The number of allylic oxidation sites excluding steroid dienone is 1. The summed E-state index contributed by atoms with van der Waals surface area (Å²) in [5, 5.41) is 0. The molecule has 0 spiro atoms. The second kappa shape index (κ2) is 13.2. The number of amides is 1. The second-order valence-corrected chi connectivity index (χ2v) is 6.90. The van der Waals surface area contributed by atoms with Gasteiger partial charge in [0.2, 0.25) is 0 Å². The topological polar surface area (TPSA) is 57.2 Å². The molecule has 6 nitrogen and oxygen atoms in total. The minimum absolute atomic E-state index is 0.148. The number of para-hydroxylation sites is 1. The minimum atomic E-state index is -0.366. The lowest BCUT2D eigenvalue weighted by molar-refractivity contribution is -0.0835. The molecule has 0 bridgehead atoms. The summed E-state index contributed by atoms with van der Waals surface area (Å²) in [6.45, 7) is 8.82. The van der Waals surface area contributed by atoms with Crippen LogP contribution in [-0.2, 0) is 20.8 Å². The predicted octanol–water partition coefficient (Wildman–Crippen LogP) is 4.63. The standard InChI is InChI=1S/C22H35NO5/c1-7-11-21(28-16-25-5)19(14-17(3)4)23(22(24)27-8-2)15-18-12-9-10-13-20(18)26-6/h7,9-13,17,19,21H,8,14-16H2,1-6H3/b11-7-/t19-,21-/m1/s1. The largest absolute Gasteiger partial charge is 0.496 e. The van der Waals surface area contributed by atoms with Gasteiger partial charge < -0.3 is 18.9 Å². The Kier molecular flexibility index (Phi) is 11.3. The van der Waals surface area contributed by atoms with Crippen molar-refractivity contribution in [3.63, 3.8) is 0 Å². The molecule has 2 atom stereocenters. The van der Waals surface area contributed by atoms with Crippen molar-refractivity contribution in [1.82, 2.24) is 4.90 Å². The van der Waals surface area contributed by atoms with Gasteiger partial charge in [-0.25, -0.2) is 4.79 Å². The van der Waals surface area contributed by atoms with Gasteiger partial charge in [0.15, 0.2) is 0 Å². The van der Waals surface area contributed by atoms with Crippen molar-refractivity contribution >= 4 is 6.09 Å². The van der Waals surface area contributed by atoms with Gasteiger partial charge in [0.05, 0.1) is 32.4 Å². The molecule has 0 aliphatic heterocycles. The number of carbonyl (C=O) groups is 1. The number of ether oxygens (including phenoxy) is 4. The highest BCUT2D eigenvalue weighted by Crippen LogP contribution is 2.26. The summed E-state index contributed by atoms with van der Waals surface area (Å²) < 4.78 is 21.9. The smallest absolute Gasteiger partial charge is 0.410 e. The van der Waals surface area contributed by atoms with E-state index in [0.717, 1.165) is 17.7 Å². The molecule has 0 saturated carbocycles. The molecule has 1 amide bonds. The van der Waals surface area contributed by atoms with Gasteiger partial charge >= 0.3 is 6.09 Å². The first-order valence-electron chi connectivity index (χ1n) is 9.77. The molecule has 0 fully saturated rings. The summed E-state index contributed by atoms with van der Waals surface area (Å²) in [5.41, 5.74) is 0.915. The maximum Gasteiger partial charge on any atom is 0.410 e. The van der Waals surface area contributed by atoms with E-state index in [1.807, 2.05) is 50.3 Å². The molecule has 0 heterocycles. The number of nitrogens with zero attached hydrogens (tertiary/aromatic N) is 1. The molecule has 1 aromatic carbocycles. The molecule has 0 unspecified atom stereocenters. The van der Waals surface area contributed by atoms with Gasteiger partial charge in [-0.1, -0.05) is 44.2 Å². The zero-order valence-corrected chi connectivity index (χ0v) is 18.0. The van der Waals surface area contributed by atoms with E-state index in [2.05, 4.69) is 13.8 Å². The van der Waals surface area contributed by atoms with E-state index in [1.165, 1.54) is 0 Å². The number of hydrogen-bond donors (Lipinski definition) is 0. The van der Waals surface area contributed by atoms with Crippen LogP contribution in [0.3, 0.4) is 0 Å². The molecule has 158 valence electrons. The lowest BCUT2D eigenvalue weighted by Gasteiger charge is -2.36. The van der Waals surface area contributed by atoms with Crippen molar-refractivity contribution in [3.8, 4) is 5.75 Å². The molecule has 0 N–H and O–H groups in total. The van der Waals surface area contributed by atoms with Crippen LogP contribution in [0.4, 0.5) is 4.79 Å². The van der Waals surface area contributed by atoms with Crippen LogP contribution in [0.1, 0.15) is 39.7 Å². The maximum absolute atomic E-state index is 12.9. The van der Waals surface area contributed by atoms with Crippen molar-refractivity contribution in [1.29, 1.82) is 0 Å². The van der Waals surface area contributed by atoms with Gasteiger partial charge in [-0.3, -0.25) is 4.90 Å². The van der Waals surface area contributed by atoms with Gasteiger partial charge in [0.25, 0.3) is 0 Å². The SMILES string of the molecule is C/C=C\[C@@H](OCOC)[C@@H](CC(C)C)N(Cc1ccccc1OC)C(=O)OCC. The van der Waals surface area contributed by atoms with Crippen molar-refractivity contribution in [3.05, 3.63) is 42.0 Å². The lowest BCUT2D eigenvalue weighted by atomic mass is 9.96. The first kappa shape index (κ1) is 24.0. The maximum atomic E-state index is 12.9. The summed E-state index contributed by atoms with van der Waals surface area (Å²) in [6.07, 6.45) is 3.97. The molecule has 1 rings (SSSR count). The number of hydrogen-bond acceptors (Lipinski definition) is 5. The fourth-order valence-electron chi connectivity index (χ4n) is 3.09. The highest BCUT2D eigenvalue weighted by molar-refractivity contribution is 5.68. The van der Waals surface area contributed by atoms with Crippen LogP contribution in [0.5, 0.6) is 5.75 Å². The monoisotopic (exact) mass is 393 g/mol. The van der Waals surface area contributed by atoms with E-state index in [-0.39, 0.29) is 25.0 Å². The van der Waals surface area contributed by atoms with Crippen molar-refractivity contribution in [2.24, 2.45) is 5.92 Å². The van der Waals surface area contributed by atoms with Gasteiger partial charge in [0, 0.05) is 12.7 Å². The van der Waals surface area contributed by atoms with Gasteiger partial charge in [-0.15, -0.1) is 0 Å². The zero-order valence-electron chi connectivity index (χ0n) is 18.0. The Hall–Kier alpha value is -2.05. The molecule has 0 saturated heterocycles. The summed E-state index contributed by atoms with van der Waals surface area (Å²) >= 11 is 0. The summed E-state index contributed by atoms with van der Waals surface area (Å²) in [4.78, 5) is 14.6. The van der Waals surface area contributed by atoms with E-state index >= 15 is 0 Å². The number of methoxy groups -OCH3 is 2. The normalized spacial score (nSPS) is 13.5. The first-order chi connectivity index (χ1) is 13.5. The number of rotatable bonds is 12. The molecule has 6 heteroatoms. The van der Waals surface area contributed by atoms with Crippen molar-refractivity contribution in [2.45, 2.75) is 52.8 Å². The van der Waals surface area contributed by atoms with Crippen LogP contribution in [-0.4, -0.2) is 50.8 Å². The number of carbonyl (C=O) groups excluding carboxylic acids is 1. The molecule has 0 aromatic heterocycles. The third-order valence-electron chi connectivity index (χ3n) is 4.29. The molecular weight excluding hydrogens is 358 g/mol. The summed E-state index contributed by atoms with van der Waals surface area (Å²) in [7, 11) is 3.21. The fourth-order valence-corrected chi connectivity index (χ4v) is 3.09. The van der Waals surface area contributed by atoms with E-state index in [9.17, 15) is 4.79 Å². The molecule has 0 aliphatic carbocycles. The highest BCUT2D eigenvalue weighted by atomic mass is 16.7. The molecule has 28 heavy (non-hydrogen) atoms. The minimum Gasteiger partial charge on any atom is -0.496 e. The van der Waals surface area contributed by atoms with Crippen LogP contribution in [0.25, 0.3) is 0 Å². The lowest BCUT2D eigenvalue weighted by Crippen LogP contribution is -2.48. The van der Waals surface area contributed by atoms with E-state index in [1.54, 1.807) is 19.1 Å². The van der Waals surface area contributed by atoms with Crippen molar-refractivity contribution in [2.75, 3.05) is 27.6 Å². The Morgan fingerprint density at radius 2 is 1.93 bits per heavy atom. The van der Waals surface area contributed by atoms with E-state index in [4.69, 9.17) is 18.9 Å². The highest BCUT2D eigenvalue weighted by Gasteiger charge is 2.32. The van der Waals surface area contributed by atoms with Gasteiger partial charge in [0.1, 0.15) is 12.5 Å². The Balaban J connectivity index is 3.30. The quantitative estimate of drug-likeness (QED) is 0.383. The fraction of sp³-hybridized carbons (Fsp3) is 0.591.